The van der Waals surface area contributed by atoms with E-state index in [9.17, 15) is 9.90 Å². The van der Waals surface area contributed by atoms with Crippen LogP contribution in [0.1, 0.15) is 12.8 Å². The Bertz CT molecular complexity index is 214. The molecule has 0 unspecified atom stereocenters. The number of hydrogen-bond donors (Lipinski definition) is 1. The van der Waals surface area contributed by atoms with Gasteiger partial charge in [-0.1, -0.05) is 19.6 Å². The Labute approximate surface area is 86.5 Å². The second kappa shape index (κ2) is 4.02. The second-order valence-corrected chi connectivity index (χ2v) is 10.9. The number of carbonyl (C=O) groups is 1. The predicted molar refractivity (Wildman–Crippen MR) is 58.3 cm³/mol. The smallest absolute Gasteiger partial charge is 0.309 e. The third-order valence-electron chi connectivity index (χ3n) is 2.77. The lowest BCUT2D eigenvalue weighted by Gasteiger charge is -2.37. The van der Waals surface area contributed by atoms with Crippen LogP contribution in [-0.2, 0) is 9.53 Å². The molecule has 0 spiro atoms. The molecule has 1 rings (SSSR count). The zero-order valence-electron chi connectivity index (χ0n) is 9.30. The first-order chi connectivity index (χ1) is 6.36. The highest BCUT2D eigenvalue weighted by Crippen LogP contribution is 2.38. The van der Waals surface area contributed by atoms with E-state index in [1.54, 1.807) is 0 Å². The third kappa shape index (κ3) is 2.82. The van der Waals surface area contributed by atoms with Gasteiger partial charge in [0.15, 0.2) is 0 Å². The Morgan fingerprint density at radius 3 is 2.21 bits per heavy atom. The summed E-state index contributed by atoms with van der Waals surface area (Å²) in [6.07, 6.45) is 1.37. The Morgan fingerprint density at radius 1 is 1.36 bits per heavy atom. The minimum atomic E-state index is -1.32. The van der Waals surface area contributed by atoms with E-state index in [1.807, 2.05) is 0 Å². The largest absolute Gasteiger partial charge is 0.481 e. The highest BCUT2D eigenvalue weighted by molar-refractivity contribution is 6.76. The molecule has 1 N–H and O–H groups in total. The summed E-state index contributed by atoms with van der Waals surface area (Å²) in [5, 5.41) is 9.32. The maximum atomic E-state index is 11.3. The first-order valence-corrected chi connectivity index (χ1v) is 8.88. The average molecular weight is 216 g/mol. The van der Waals surface area contributed by atoms with Crippen molar-refractivity contribution in [1.82, 2.24) is 0 Å². The minimum Gasteiger partial charge on any atom is -0.481 e. The highest BCUT2D eigenvalue weighted by Gasteiger charge is 2.43. The van der Waals surface area contributed by atoms with Gasteiger partial charge in [-0.25, -0.2) is 0 Å². The normalized spacial score (nSPS) is 21.9. The molecule has 0 aromatic rings. The molecule has 0 radical (unpaired) electrons. The van der Waals surface area contributed by atoms with Gasteiger partial charge in [0.05, 0.1) is 5.41 Å². The molecule has 0 amide bonds. The average Bonchev–Trinajstić information content (AvgIpc) is 2.02. The van der Waals surface area contributed by atoms with Gasteiger partial charge >= 0.3 is 5.97 Å². The molecule has 0 aliphatic carbocycles. The van der Waals surface area contributed by atoms with Gasteiger partial charge in [-0.3, -0.25) is 4.79 Å². The molecule has 82 valence electrons. The van der Waals surface area contributed by atoms with Crippen molar-refractivity contribution in [3.63, 3.8) is 0 Å². The van der Waals surface area contributed by atoms with E-state index in [-0.39, 0.29) is 0 Å². The lowest BCUT2D eigenvalue weighted by atomic mass is 9.82. The van der Waals surface area contributed by atoms with Crippen LogP contribution < -0.4 is 0 Å². The van der Waals surface area contributed by atoms with Crippen LogP contribution in [0.2, 0.25) is 25.7 Å². The Balaban J connectivity index is 2.76. The molecular formula is C10H20O3Si. The number of aliphatic carboxylic acids is 1. The van der Waals surface area contributed by atoms with Crippen LogP contribution in [0.4, 0.5) is 0 Å². The molecule has 1 aliphatic rings. The number of ether oxygens (including phenoxy) is 1. The standard InChI is InChI=1S/C10H20O3Si/c1-14(2,3)8-10(9(11)12)4-6-13-7-5-10/h4-8H2,1-3H3,(H,11,12). The van der Waals surface area contributed by atoms with Gasteiger partial charge in [-0.2, -0.15) is 0 Å². The van der Waals surface area contributed by atoms with E-state index in [0.717, 1.165) is 6.04 Å². The Hall–Kier alpha value is -0.353. The molecule has 3 nitrogen and oxygen atoms in total. The van der Waals surface area contributed by atoms with Gasteiger partial charge in [0, 0.05) is 21.3 Å². The van der Waals surface area contributed by atoms with Crippen molar-refractivity contribution in [3.05, 3.63) is 0 Å². The first kappa shape index (κ1) is 11.7. The topological polar surface area (TPSA) is 46.5 Å². The summed E-state index contributed by atoms with van der Waals surface area (Å²) in [6, 6.07) is 0.874. The third-order valence-corrected chi connectivity index (χ3v) is 4.51. The van der Waals surface area contributed by atoms with Crippen molar-refractivity contribution in [2.75, 3.05) is 13.2 Å². The van der Waals surface area contributed by atoms with E-state index in [0.29, 0.717) is 26.1 Å². The van der Waals surface area contributed by atoms with Crippen LogP contribution in [0.3, 0.4) is 0 Å². The summed E-state index contributed by atoms with van der Waals surface area (Å²) in [5.41, 5.74) is -0.483. The zero-order valence-corrected chi connectivity index (χ0v) is 10.3. The van der Waals surface area contributed by atoms with E-state index >= 15 is 0 Å². The molecule has 0 bridgehead atoms. The Morgan fingerprint density at radius 2 is 1.86 bits per heavy atom. The molecule has 1 fully saturated rings. The van der Waals surface area contributed by atoms with Crippen molar-refractivity contribution in [3.8, 4) is 0 Å². The van der Waals surface area contributed by atoms with Crippen LogP contribution in [0, 0.1) is 5.41 Å². The molecular weight excluding hydrogens is 196 g/mol. The lowest BCUT2D eigenvalue weighted by Crippen LogP contribution is -2.42. The van der Waals surface area contributed by atoms with Gasteiger partial charge in [0.25, 0.3) is 0 Å². The van der Waals surface area contributed by atoms with Crippen molar-refractivity contribution in [2.45, 2.75) is 38.5 Å². The molecule has 0 atom stereocenters. The van der Waals surface area contributed by atoms with Gasteiger partial charge in [0.1, 0.15) is 0 Å². The van der Waals surface area contributed by atoms with Crippen LogP contribution in [0.5, 0.6) is 0 Å². The molecule has 4 heteroatoms. The highest BCUT2D eigenvalue weighted by atomic mass is 28.3. The fourth-order valence-electron chi connectivity index (χ4n) is 2.24. The SMILES string of the molecule is C[Si](C)(C)CC1(C(=O)O)CCOCC1. The summed E-state index contributed by atoms with van der Waals surface area (Å²) in [4.78, 5) is 11.3. The van der Waals surface area contributed by atoms with Gasteiger partial charge < -0.3 is 9.84 Å². The summed E-state index contributed by atoms with van der Waals surface area (Å²) in [7, 11) is -1.32. The molecule has 1 aliphatic heterocycles. The quantitative estimate of drug-likeness (QED) is 0.736. The molecule has 1 saturated heterocycles. The first-order valence-electron chi connectivity index (χ1n) is 5.17. The van der Waals surface area contributed by atoms with Crippen molar-refractivity contribution >= 4 is 14.0 Å². The summed E-state index contributed by atoms with van der Waals surface area (Å²) < 4.78 is 5.24. The van der Waals surface area contributed by atoms with Crippen LogP contribution in [-0.4, -0.2) is 32.4 Å². The van der Waals surface area contributed by atoms with Crippen molar-refractivity contribution < 1.29 is 14.6 Å². The number of rotatable bonds is 3. The monoisotopic (exact) mass is 216 g/mol. The molecule has 0 aromatic carbocycles. The number of carboxylic acid groups (broad SMARTS) is 1. The van der Waals surface area contributed by atoms with E-state index < -0.39 is 19.5 Å². The minimum absolute atomic E-state index is 0.483. The van der Waals surface area contributed by atoms with Gasteiger partial charge in [0.2, 0.25) is 0 Å². The maximum absolute atomic E-state index is 11.3. The van der Waals surface area contributed by atoms with Crippen LogP contribution >= 0.6 is 0 Å². The molecule has 0 saturated carbocycles. The maximum Gasteiger partial charge on any atom is 0.309 e. The van der Waals surface area contributed by atoms with Gasteiger partial charge in [-0.05, 0) is 18.9 Å². The fourth-order valence-corrected chi connectivity index (χ4v) is 4.78. The molecule has 0 aromatic heterocycles. The number of hydrogen-bond acceptors (Lipinski definition) is 2. The van der Waals surface area contributed by atoms with Crippen LogP contribution in [0.25, 0.3) is 0 Å². The van der Waals surface area contributed by atoms with Crippen molar-refractivity contribution in [1.29, 1.82) is 0 Å². The molecule has 1 heterocycles. The van der Waals surface area contributed by atoms with E-state index in [2.05, 4.69) is 19.6 Å². The van der Waals surface area contributed by atoms with Crippen LogP contribution in [0.15, 0.2) is 0 Å². The van der Waals surface area contributed by atoms with E-state index in [1.165, 1.54) is 0 Å². The lowest BCUT2D eigenvalue weighted by molar-refractivity contribution is -0.153. The second-order valence-electron chi connectivity index (χ2n) is 5.44. The predicted octanol–water partition coefficient (Wildman–Crippen LogP) is 2.21. The van der Waals surface area contributed by atoms with Crippen molar-refractivity contribution in [2.24, 2.45) is 5.41 Å². The Kier molecular flexibility index (Phi) is 3.37. The zero-order chi connectivity index (χ0) is 10.8. The fraction of sp³-hybridized carbons (Fsp3) is 0.900. The molecule has 14 heavy (non-hydrogen) atoms. The summed E-state index contributed by atoms with van der Waals surface area (Å²) >= 11 is 0. The summed E-state index contributed by atoms with van der Waals surface area (Å²) in [5.74, 6) is -0.622. The van der Waals surface area contributed by atoms with Gasteiger partial charge in [-0.15, -0.1) is 0 Å². The van der Waals surface area contributed by atoms with E-state index in [4.69, 9.17) is 4.74 Å². The number of carboxylic acids is 1. The summed E-state index contributed by atoms with van der Waals surface area (Å²) in [6.45, 7) is 7.90.